The summed E-state index contributed by atoms with van der Waals surface area (Å²) in [5, 5.41) is 1.96. The SMILES string of the molecule is CC(C)c1ccc(CN(CN2C(=O)C(=O)N(CCc3cccs3)C2=O)C2CC2)cc1. The van der Waals surface area contributed by atoms with Crippen molar-refractivity contribution in [3.8, 4) is 0 Å². The van der Waals surface area contributed by atoms with Crippen molar-refractivity contribution in [3.63, 3.8) is 0 Å². The van der Waals surface area contributed by atoms with Gasteiger partial charge in [-0.15, -0.1) is 11.3 Å². The average Bonchev–Trinajstić information content (AvgIpc) is 3.41. The van der Waals surface area contributed by atoms with E-state index in [0.717, 1.165) is 33.1 Å². The summed E-state index contributed by atoms with van der Waals surface area (Å²) in [6, 6.07) is 12.2. The number of benzene rings is 1. The topological polar surface area (TPSA) is 60.9 Å². The first kappa shape index (κ1) is 20.8. The quantitative estimate of drug-likeness (QED) is 0.453. The fourth-order valence-electron chi connectivity index (χ4n) is 3.71. The first-order chi connectivity index (χ1) is 14.4. The van der Waals surface area contributed by atoms with Gasteiger partial charge in [0, 0.05) is 30.4 Å². The Bertz CT molecular complexity index is 920. The van der Waals surface area contributed by atoms with Gasteiger partial charge in [-0.25, -0.2) is 9.69 Å². The Morgan fingerprint density at radius 1 is 1.03 bits per heavy atom. The van der Waals surface area contributed by atoms with Crippen LogP contribution in [0.4, 0.5) is 4.79 Å². The van der Waals surface area contributed by atoms with E-state index in [2.05, 4.69) is 43.0 Å². The number of carbonyl (C=O) groups excluding carboxylic acids is 3. The molecule has 2 aliphatic rings. The van der Waals surface area contributed by atoms with Gasteiger partial charge in [-0.2, -0.15) is 0 Å². The van der Waals surface area contributed by atoms with Crippen LogP contribution in [0.25, 0.3) is 0 Å². The molecule has 0 N–H and O–H groups in total. The van der Waals surface area contributed by atoms with Crippen molar-refractivity contribution in [3.05, 3.63) is 57.8 Å². The first-order valence-corrected chi connectivity index (χ1v) is 11.3. The summed E-state index contributed by atoms with van der Waals surface area (Å²) in [5.74, 6) is -0.954. The Morgan fingerprint density at radius 3 is 2.33 bits per heavy atom. The fourth-order valence-corrected chi connectivity index (χ4v) is 4.41. The van der Waals surface area contributed by atoms with Crippen LogP contribution in [-0.4, -0.2) is 51.8 Å². The first-order valence-electron chi connectivity index (χ1n) is 10.5. The predicted octanol–water partition coefficient (Wildman–Crippen LogP) is 3.83. The highest BCUT2D eigenvalue weighted by Crippen LogP contribution is 2.30. The number of amides is 4. The fraction of sp³-hybridized carbons (Fsp3) is 0.435. The van der Waals surface area contributed by atoms with Crippen molar-refractivity contribution < 1.29 is 14.4 Å². The molecule has 1 saturated carbocycles. The minimum Gasteiger partial charge on any atom is -0.278 e. The zero-order chi connectivity index (χ0) is 21.3. The Hall–Kier alpha value is -2.51. The van der Waals surface area contributed by atoms with Crippen LogP contribution in [0.1, 0.15) is 48.6 Å². The lowest BCUT2D eigenvalue weighted by Crippen LogP contribution is -2.43. The molecule has 1 aromatic heterocycles. The lowest BCUT2D eigenvalue weighted by molar-refractivity contribution is -0.144. The molecule has 2 aromatic rings. The number of hydrogen-bond acceptors (Lipinski definition) is 5. The van der Waals surface area contributed by atoms with E-state index in [-0.39, 0.29) is 13.2 Å². The second-order valence-electron chi connectivity index (χ2n) is 8.32. The highest BCUT2D eigenvalue weighted by atomic mass is 32.1. The Morgan fingerprint density at radius 2 is 1.73 bits per heavy atom. The molecule has 1 aromatic carbocycles. The molecule has 6 nitrogen and oxygen atoms in total. The van der Waals surface area contributed by atoms with Crippen LogP contribution in [0.15, 0.2) is 41.8 Å². The van der Waals surface area contributed by atoms with E-state index >= 15 is 0 Å². The predicted molar refractivity (Wildman–Crippen MR) is 116 cm³/mol. The van der Waals surface area contributed by atoms with Crippen LogP contribution in [-0.2, 0) is 22.6 Å². The zero-order valence-corrected chi connectivity index (χ0v) is 18.2. The molecular formula is C23H27N3O3S. The van der Waals surface area contributed by atoms with Gasteiger partial charge in [0.15, 0.2) is 0 Å². The maximum atomic E-state index is 12.8. The van der Waals surface area contributed by atoms with Gasteiger partial charge in [0.1, 0.15) is 0 Å². The lowest BCUT2D eigenvalue weighted by Gasteiger charge is -2.26. The van der Waals surface area contributed by atoms with E-state index in [1.165, 1.54) is 5.56 Å². The number of rotatable bonds is 9. The van der Waals surface area contributed by atoms with Gasteiger partial charge in [0.05, 0.1) is 6.67 Å². The molecule has 30 heavy (non-hydrogen) atoms. The second-order valence-corrected chi connectivity index (χ2v) is 9.35. The molecule has 0 unspecified atom stereocenters. The smallest absolute Gasteiger partial charge is 0.278 e. The normalized spacial score (nSPS) is 17.1. The largest absolute Gasteiger partial charge is 0.335 e. The van der Waals surface area contributed by atoms with E-state index in [1.807, 2.05) is 17.5 Å². The molecule has 0 spiro atoms. The van der Waals surface area contributed by atoms with E-state index in [0.29, 0.717) is 24.9 Å². The highest BCUT2D eigenvalue weighted by molar-refractivity contribution is 7.09. The van der Waals surface area contributed by atoms with Crippen LogP contribution in [0.2, 0.25) is 0 Å². The third-order valence-electron chi connectivity index (χ3n) is 5.72. The molecule has 4 rings (SSSR count). The molecule has 7 heteroatoms. The monoisotopic (exact) mass is 425 g/mol. The second kappa shape index (κ2) is 8.70. The van der Waals surface area contributed by atoms with Crippen LogP contribution in [0.3, 0.4) is 0 Å². The van der Waals surface area contributed by atoms with Crippen molar-refractivity contribution in [1.82, 2.24) is 14.7 Å². The van der Waals surface area contributed by atoms with Gasteiger partial charge in [-0.3, -0.25) is 19.4 Å². The summed E-state index contributed by atoms with van der Waals surface area (Å²) in [5.41, 5.74) is 2.43. The Kier molecular flexibility index (Phi) is 6.01. The summed E-state index contributed by atoms with van der Waals surface area (Å²) in [6.07, 6.45) is 2.68. The number of imide groups is 2. The number of hydrogen-bond donors (Lipinski definition) is 0. The van der Waals surface area contributed by atoms with E-state index in [1.54, 1.807) is 11.3 Å². The molecule has 4 amide bonds. The lowest BCUT2D eigenvalue weighted by atomic mass is 10.0. The van der Waals surface area contributed by atoms with Gasteiger partial charge in [0.25, 0.3) is 0 Å². The number of nitrogens with zero attached hydrogens (tertiary/aromatic N) is 3. The summed E-state index contributed by atoms with van der Waals surface area (Å²) in [6.45, 7) is 5.38. The Labute approximate surface area is 181 Å². The van der Waals surface area contributed by atoms with Crippen molar-refractivity contribution >= 4 is 29.2 Å². The number of urea groups is 1. The van der Waals surface area contributed by atoms with Crippen LogP contribution in [0.5, 0.6) is 0 Å². The third kappa shape index (κ3) is 4.47. The van der Waals surface area contributed by atoms with Gasteiger partial charge in [-0.1, -0.05) is 44.2 Å². The third-order valence-corrected chi connectivity index (χ3v) is 6.65. The molecule has 2 fully saturated rings. The van der Waals surface area contributed by atoms with Crippen molar-refractivity contribution in [1.29, 1.82) is 0 Å². The minimum atomic E-state index is -0.716. The zero-order valence-electron chi connectivity index (χ0n) is 17.4. The standard InChI is InChI=1S/C23H27N3O3S/c1-16(2)18-7-5-17(6-8-18)14-24(19-9-10-19)15-26-22(28)21(27)25(23(26)29)12-11-20-4-3-13-30-20/h3-8,13,16,19H,9-12,14-15H2,1-2H3. The van der Waals surface area contributed by atoms with Crippen LogP contribution in [0, 0.1) is 0 Å². The van der Waals surface area contributed by atoms with Crippen LogP contribution >= 0.6 is 11.3 Å². The van der Waals surface area contributed by atoms with Gasteiger partial charge in [0.2, 0.25) is 0 Å². The molecule has 0 atom stereocenters. The van der Waals surface area contributed by atoms with E-state index in [9.17, 15) is 14.4 Å². The summed E-state index contributed by atoms with van der Waals surface area (Å²) >= 11 is 1.58. The molecule has 1 aliphatic carbocycles. The highest BCUT2D eigenvalue weighted by Gasteiger charge is 2.45. The van der Waals surface area contributed by atoms with Gasteiger partial charge >= 0.3 is 17.8 Å². The molecule has 158 valence electrons. The number of thiophene rings is 1. The minimum absolute atomic E-state index is 0.162. The molecular weight excluding hydrogens is 398 g/mol. The maximum Gasteiger partial charge on any atom is 0.335 e. The Balaban J connectivity index is 1.42. The van der Waals surface area contributed by atoms with E-state index < -0.39 is 17.8 Å². The molecule has 2 heterocycles. The number of carbonyl (C=O) groups is 3. The van der Waals surface area contributed by atoms with Crippen molar-refractivity contribution in [2.45, 2.75) is 51.6 Å². The molecule has 0 radical (unpaired) electrons. The van der Waals surface area contributed by atoms with Gasteiger partial charge < -0.3 is 0 Å². The molecule has 1 aliphatic heterocycles. The summed E-state index contributed by atoms with van der Waals surface area (Å²) < 4.78 is 0. The van der Waals surface area contributed by atoms with E-state index in [4.69, 9.17) is 0 Å². The van der Waals surface area contributed by atoms with Crippen molar-refractivity contribution in [2.24, 2.45) is 0 Å². The summed E-state index contributed by atoms with van der Waals surface area (Å²) in [7, 11) is 0. The summed E-state index contributed by atoms with van der Waals surface area (Å²) in [4.78, 5) is 43.2. The van der Waals surface area contributed by atoms with Gasteiger partial charge in [-0.05, 0) is 41.3 Å². The van der Waals surface area contributed by atoms with Crippen LogP contribution < -0.4 is 0 Å². The van der Waals surface area contributed by atoms with Crippen molar-refractivity contribution in [2.75, 3.05) is 13.2 Å². The maximum absolute atomic E-state index is 12.8. The molecule has 0 bridgehead atoms. The average molecular weight is 426 g/mol. The molecule has 1 saturated heterocycles.